The third-order valence-corrected chi connectivity index (χ3v) is 6.01. The smallest absolute Gasteiger partial charge is 0.408 e. The summed E-state index contributed by atoms with van der Waals surface area (Å²) in [7, 11) is 0. The SMILES string of the molecule is C#Cc1ccccc1C(C(=O)Nc1c(C)cccc1C)N(CC=C)C(=O)C(CC(C)C)NC(=O)OC(C)(C)C. The van der Waals surface area contributed by atoms with E-state index >= 15 is 0 Å². The zero-order valence-electron chi connectivity index (χ0n) is 24.1. The van der Waals surface area contributed by atoms with E-state index in [1.54, 1.807) is 51.1 Å². The molecule has 2 aromatic carbocycles. The second-order valence-electron chi connectivity index (χ2n) is 11.0. The van der Waals surface area contributed by atoms with Crippen LogP contribution in [-0.2, 0) is 14.3 Å². The summed E-state index contributed by atoms with van der Waals surface area (Å²) in [5.74, 6) is 1.84. The molecule has 0 saturated heterocycles. The molecular weight excluding hydrogens is 490 g/mol. The standard InChI is InChI=1S/C32H41N3O4/c1-10-19-35(30(37)26(20-21(3)4)33-31(38)39-32(7,8)9)28(25-18-13-12-17-24(25)11-2)29(36)34-27-22(5)15-14-16-23(27)6/h2,10,12-18,21,26,28H,1,19-20H2,3-9H3,(H,33,38)(H,34,36). The molecule has 7 heteroatoms. The van der Waals surface area contributed by atoms with Crippen LogP contribution in [-0.4, -0.2) is 41.0 Å². The quantitative estimate of drug-likeness (QED) is 0.294. The van der Waals surface area contributed by atoms with Gasteiger partial charge in [-0.1, -0.05) is 62.2 Å². The first-order valence-electron chi connectivity index (χ1n) is 13.1. The number of amides is 3. The summed E-state index contributed by atoms with van der Waals surface area (Å²) in [6, 6.07) is 10.7. The first-order valence-corrected chi connectivity index (χ1v) is 13.1. The fourth-order valence-corrected chi connectivity index (χ4v) is 4.33. The molecular formula is C32H41N3O4. The number of hydrogen-bond acceptors (Lipinski definition) is 4. The van der Waals surface area contributed by atoms with Gasteiger partial charge >= 0.3 is 6.09 Å². The zero-order chi connectivity index (χ0) is 29.3. The molecule has 2 unspecified atom stereocenters. The Bertz CT molecular complexity index is 1220. The van der Waals surface area contributed by atoms with Crippen molar-refractivity contribution in [3.8, 4) is 12.3 Å². The summed E-state index contributed by atoms with van der Waals surface area (Å²) in [5, 5.41) is 5.75. The van der Waals surface area contributed by atoms with Crippen LogP contribution >= 0.6 is 0 Å². The number of nitrogens with zero attached hydrogens (tertiary/aromatic N) is 1. The topological polar surface area (TPSA) is 87.7 Å². The van der Waals surface area contributed by atoms with E-state index in [-0.39, 0.29) is 12.5 Å². The summed E-state index contributed by atoms with van der Waals surface area (Å²) >= 11 is 0. The van der Waals surface area contributed by atoms with Crippen molar-refractivity contribution < 1.29 is 19.1 Å². The second kappa shape index (κ2) is 13.7. The Kier molecular flexibility index (Phi) is 10.9. The van der Waals surface area contributed by atoms with Gasteiger partial charge in [0.2, 0.25) is 5.91 Å². The largest absolute Gasteiger partial charge is 0.444 e. The van der Waals surface area contributed by atoms with Crippen molar-refractivity contribution in [3.05, 3.63) is 77.4 Å². The molecule has 0 aromatic heterocycles. The highest BCUT2D eigenvalue weighted by Crippen LogP contribution is 2.29. The van der Waals surface area contributed by atoms with E-state index in [0.29, 0.717) is 23.2 Å². The van der Waals surface area contributed by atoms with E-state index in [1.807, 2.05) is 45.9 Å². The zero-order valence-corrected chi connectivity index (χ0v) is 24.1. The number of carbonyl (C=O) groups excluding carboxylic acids is 3. The highest BCUT2D eigenvalue weighted by molar-refractivity contribution is 6.00. The lowest BCUT2D eigenvalue weighted by molar-refractivity contribution is -0.140. The number of aryl methyl sites for hydroxylation is 2. The molecule has 3 amide bonds. The van der Waals surface area contributed by atoms with Gasteiger partial charge in [-0.2, -0.15) is 0 Å². The maximum Gasteiger partial charge on any atom is 0.408 e. The normalized spacial score (nSPS) is 12.6. The van der Waals surface area contributed by atoms with E-state index in [2.05, 4.69) is 23.1 Å². The van der Waals surface area contributed by atoms with Crippen molar-refractivity contribution in [2.24, 2.45) is 5.92 Å². The molecule has 0 aliphatic heterocycles. The highest BCUT2D eigenvalue weighted by atomic mass is 16.6. The number of hydrogen-bond donors (Lipinski definition) is 2. The summed E-state index contributed by atoms with van der Waals surface area (Å²) in [4.78, 5) is 42.3. The summed E-state index contributed by atoms with van der Waals surface area (Å²) in [5.41, 5.74) is 2.69. The Morgan fingerprint density at radius 1 is 1.08 bits per heavy atom. The number of anilines is 1. The Labute approximate surface area is 233 Å². The van der Waals surface area contributed by atoms with Gasteiger partial charge in [0.1, 0.15) is 17.7 Å². The summed E-state index contributed by atoms with van der Waals surface area (Å²) in [6.07, 6.45) is 7.00. The fourth-order valence-electron chi connectivity index (χ4n) is 4.33. The van der Waals surface area contributed by atoms with E-state index in [9.17, 15) is 14.4 Å². The van der Waals surface area contributed by atoms with Gasteiger partial charge in [-0.15, -0.1) is 13.0 Å². The van der Waals surface area contributed by atoms with Crippen molar-refractivity contribution >= 4 is 23.6 Å². The van der Waals surface area contributed by atoms with Crippen molar-refractivity contribution in [3.63, 3.8) is 0 Å². The molecule has 0 bridgehead atoms. The molecule has 2 N–H and O–H groups in total. The van der Waals surface area contributed by atoms with Crippen LogP contribution in [0.25, 0.3) is 0 Å². The van der Waals surface area contributed by atoms with Crippen LogP contribution in [0.3, 0.4) is 0 Å². The Balaban J connectivity index is 2.61. The van der Waals surface area contributed by atoms with Gasteiger partial charge in [-0.3, -0.25) is 9.59 Å². The van der Waals surface area contributed by atoms with Gasteiger partial charge in [0.15, 0.2) is 0 Å². The Hall–Kier alpha value is -4.05. The average Bonchev–Trinajstić information content (AvgIpc) is 2.84. The first-order chi connectivity index (χ1) is 18.3. The number of para-hydroxylation sites is 1. The number of terminal acetylenes is 1. The number of alkyl carbamates (subject to hydrolysis) is 1. The molecule has 0 radical (unpaired) electrons. The van der Waals surface area contributed by atoms with Crippen LogP contribution in [0.1, 0.15) is 69.3 Å². The predicted octanol–water partition coefficient (Wildman–Crippen LogP) is 5.92. The molecule has 208 valence electrons. The van der Waals surface area contributed by atoms with Gasteiger partial charge in [-0.05, 0) is 69.7 Å². The number of benzene rings is 2. The third-order valence-electron chi connectivity index (χ3n) is 6.01. The fraction of sp³-hybridized carbons (Fsp3) is 0.406. The molecule has 2 rings (SSSR count). The van der Waals surface area contributed by atoms with Gasteiger partial charge in [0.05, 0.1) is 0 Å². The van der Waals surface area contributed by atoms with Crippen LogP contribution in [0.2, 0.25) is 0 Å². The first kappa shape index (κ1) is 31.2. The monoisotopic (exact) mass is 531 g/mol. The maximum absolute atomic E-state index is 14.2. The van der Waals surface area contributed by atoms with E-state index in [4.69, 9.17) is 11.2 Å². The molecule has 0 aliphatic rings. The number of rotatable bonds is 10. The van der Waals surface area contributed by atoms with Crippen LogP contribution < -0.4 is 10.6 Å². The van der Waals surface area contributed by atoms with E-state index in [0.717, 1.165) is 11.1 Å². The molecule has 0 aliphatic carbocycles. The van der Waals surface area contributed by atoms with Gasteiger partial charge in [0.25, 0.3) is 5.91 Å². The van der Waals surface area contributed by atoms with Crippen molar-refractivity contribution in [1.82, 2.24) is 10.2 Å². The van der Waals surface area contributed by atoms with Crippen molar-refractivity contribution in [2.45, 2.75) is 72.6 Å². The van der Waals surface area contributed by atoms with Gasteiger partial charge in [0, 0.05) is 17.8 Å². The maximum atomic E-state index is 14.2. The molecule has 39 heavy (non-hydrogen) atoms. The molecule has 2 aromatic rings. The lowest BCUT2D eigenvalue weighted by atomic mass is 9.96. The van der Waals surface area contributed by atoms with Crippen LogP contribution in [0.4, 0.5) is 10.5 Å². The van der Waals surface area contributed by atoms with E-state index < -0.39 is 35.6 Å². The minimum atomic E-state index is -1.09. The van der Waals surface area contributed by atoms with Crippen LogP contribution in [0.15, 0.2) is 55.1 Å². The predicted molar refractivity (Wildman–Crippen MR) is 156 cm³/mol. The summed E-state index contributed by atoms with van der Waals surface area (Å²) < 4.78 is 5.43. The van der Waals surface area contributed by atoms with Gasteiger partial charge in [-0.25, -0.2) is 4.79 Å². The van der Waals surface area contributed by atoms with Crippen molar-refractivity contribution in [1.29, 1.82) is 0 Å². The third kappa shape index (κ3) is 8.75. The Morgan fingerprint density at radius 3 is 2.23 bits per heavy atom. The Morgan fingerprint density at radius 2 is 1.69 bits per heavy atom. The number of nitrogens with one attached hydrogen (secondary N) is 2. The lowest BCUT2D eigenvalue weighted by Gasteiger charge is -2.35. The highest BCUT2D eigenvalue weighted by Gasteiger charge is 2.37. The van der Waals surface area contributed by atoms with Gasteiger partial charge < -0.3 is 20.3 Å². The molecule has 0 spiro atoms. The van der Waals surface area contributed by atoms with Crippen LogP contribution in [0.5, 0.6) is 0 Å². The molecule has 2 atom stereocenters. The van der Waals surface area contributed by atoms with E-state index in [1.165, 1.54) is 4.90 Å². The minimum Gasteiger partial charge on any atom is -0.444 e. The number of carbonyl (C=O) groups is 3. The minimum absolute atomic E-state index is 0.0488. The van der Waals surface area contributed by atoms with Crippen LogP contribution in [0, 0.1) is 32.1 Å². The molecule has 0 fully saturated rings. The average molecular weight is 532 g/mol. The summed E-state index contributed by atoms with van der Waals surface area (Å²) in [6.45, 7) is 16.8. The second-order valence-corrected chi connectivity index (χ2v) is 11.0. The molecule has 0 saturated carbocycles. The number of ether oxygens (including phenoxy) is 1. The molecule has 0 heterocycles. The molecule has 7 nitrogen and oxygen atoms in total. The lowest BCUT2D eigenvalue weighted by Crippen LogP contribution is -2.53. The van der Waals surface area contributed by atoms with Crippen molar-refractivity contribution in [2.75, 3.05) is 11.9 Å².